The lowest BCUT2D eigenvalue weighted by Gasteiger charge is -2.13. The molecule has 0 aliphatic rings. The maximum atomic E-state index is 13.3. The van der Waals surface area contributed by atoms with Crippen LogP contribution in [0.1, 0.15) is 19.4 Å². The van der Waals surface area contributed by atoms with Crippen LogP contribution in [0.3, 0.4) is 0 Å². The number of alkyl halides is 3. The first-order chi connectivity index (χ1) is 18.8. The summed E-state index contributed by atoms with van der Waals surface area (Å²) in [6, 6.07) is 19.5. The summed E-state index contributed by atoms with van der Waals surface area (Å²) in [6.45, 7) is 4.87. The lowest BCUT2D eigenvalue weighted by atomic mass is 10.0. The molecule has 4 aromatic rings. The Balaban J connectivity index is 1.58. The minimum atomic E-state index is -4.59. The number of halogens is 3. The molecule has 7 nitrogen and oxygen atoms in total. The van der Waals surface area contributed by atoms with Gasteiger partial charge in [-0.1, -0.05) is 23.9 Å². The van der Waals surface area contributed by atoms with Crippen molar-refractivity contribution in [2.75, 3.05) is 24.3 Å². The Morgan fingerprint density at radius 3 is 1.95 bits per heavy atom. The normalized spacial score (nSPS) is 11.2. The van der Waals surface area contributed by atoms with E-state index in [9.17, 15) is 18.0 Å². The highest BCUT2D eigenvalue weighted by molar-refractivity contribution is 7.99. The standard InChI is InChI=1S/C28H25F3N4O3S/c1-3-37-20-13-9-18(10-14-20)25-26(19-11-15-21(16-12-19)38-4-2)34-35-27(33-25)39-17-24(36)32-23-8-6-5-7-22(23)28(29,30)31/h5-16H,3-4,17H2,1-2H3,(H,32,36). The summed E-state index contributed by atoms with van der Waals surface area (Å²) in [5.41, 5.74) is 1.34. The number of anilines is 1. The van der Waals surface area contributed by atoms with E-state index in [1.165, 1.54) is 18.2 Å². The summed E-state index contributed by atoms with van der Waals surface area (Å²) in [5, 5.41) is 11.1. The van der Waals surface area contributed by atoms with Gasteiger partial charge in [-0.2, -0.15) is 13.2 Å². The maximum Gasteiger partial charge on any atom is 0.418 e. The van der Waals surface area contributed by atoms with Crippen LogP contribution in [0.15, 0.2) is 78.0 Å². The summed E-state index contributed by atoms with van der Waals surface area (Å²) < 4.78 is 50.8. The van der Waals surface area contributed by atoms with Gasteiger partial charge in [0.25, 0.3) is 0 Å². The Labute approximate surface area is 227 Å². The number of thioether (sulfide) groups is 1. The Morgan fingerprint density at radius 1 is 0.821 bits per heavy atom. The third-order valence-electron chi connectivity index (χ3n) is 5.38. The zero-order chi connectivity index (χ0) is 27.8. The summed E-state index contributed by atoms with van der Waals surface area (Å²) in [6.07, 6.45) is -4.59. The van der Waals surface area contributed by atoms with Gasteiger partial charge in [0.2, 0.25) is 11.1 Å². The number of hydrogen-bond donors (Lipinski definition) is 1. The number of carbonyl (C=O) groups excluding carboxylic acids is 1. The average molecular weight is 555 g/mol. The van der Waals surface area contributed by atoms with Crippen LogP contribution in [0, 0.1) is 0 Å². The number of hydrogen-bond acceptors (Lipinski definition) is 7. The van der Waals surface area contributed by atoms with E-state index in [1.54, 1.807) is 0 Å². The first-order valence-electron chi connectivity index (χ1n) is 12.1. The summed E-state index contributed by atoms with van der Waals surface area (Å²) >= 11 is 0.971. The third-order valence-corrected chi connectivity index (χ3v) is 6.22. The fourth-order valence-corrected chi connectivity index (χ4v) is 4.26. The number of carbonyl (C=O) groups is 1. The van der Waals surface area contributed by atoms with E-state index in [0.29, 0.717) is 30.4 Å². The van der Waals surface area contributed by atoms with Crippen molar-refractivity contribution in [1.29, 1.82) is 0 Å². The van der Waals surface area contributed by atoms with Crippen molar-refractivity contribution in [2.45, 2.75) is 25.2 Å². The van der Waals surface area contributed by atoms with E-state index in [0.717, 1.165) is 34.7 Å². The molecular weight excluding hydrogens is 529 g/mol. The van der Waals surface area contributed by atoms with E-state index >= 15 is 0 Å². The van der Waals surface area contributed by atoms with Crippen molar-refractivity contribution in [3.05, 3.63) is 78.4 Å². The molecule has 11 heteroatoms. The van der Waals surface area contributed by atoms with Gasteiger partial charge in [-0.05, 0) is 74.5 Å². The van der Waals surface area contributed by atoms with Crippen molar-refractivity contribution >= 4 is 23.4 Å². The topological polar surface area (TPSA) is 86.2 Å². The highest BCUT2D eigenvalue weighted by Gasteiger charge is 2.33. The van der Waals surface area contributed by atoms with Crippen molar-refractivity contribution < 1.29 is 27.4 Å². The van der Waals surface area contributed by atoms with E-state index in [1.807, 2.05) is 62.4 Å². The number of para-hydroxylation sites is 1. The number of ether oxygens (including phenoxy) is 2. The van der Waals surface area contributed by atoms with Gasteiger partial charge < -0.3 is 14.8 Å². The fraction of sp³-hybridized carbons (Fsp3) is 0.214. The molecule has 1 heterocycles. The van der Waals surface area contributed by atoms with Crippen molar-refractivity contribution in [3.63, 3.8) is 0 Å². The van der Waals surface area contributed by atoms with Gasteiger partial charge in [-0.15, -0.1) is 10.2 Å². The van der Waals surface area contributed by atoms with Crippen LogP contribution < -0.4 is 14.8 Å². The second kappa shape index (κ2) is 12.6. The molecule has 0 radical (unpaired) electrons. The number of nitrogens with one attached hydrogen (secondary N) is 1. The van der Waals surface area contributed by atoms with Gasteiger partial charge in [0.15, 0.2) is 0 Å². The molecule has 0 bridgehead atoms. The van der Waals surface area contributed by atoms with E-state index in [-0.39, 0.29) is 16.6 Å². The molecule has 1 aromatic heterocycles. The molecule has 0 aliphatic carbocycles. The zero-order valence-electron chi connectivity index (χ0n) is 21.2. The summed E-state index contributed by atoms with van der Waals surface area (Å²) in [5.74, 6) is 0.587. The molecule has 3 aromatic carbocycles. The first kappa shape index (κ1) is 27.9. The van der Waals surface area contributed by atoms with Crippen molar-refractivity contribution in [2.24, 2.45) is 0 Å². The SMILES string of the molecule is CCOc1ccc(-c2nnc(SCC(=O)Nc3ccccc3C(F)(F)F)nc2-c2ccc(OCC)cc2)cc1. The van der Waals surface area contributed by atoms with Crippen LogP contribution in [0.2, 0.25) is 0 Å². The molecule has 1 amide bonds. The Hall–Kier alpha value is -4.12. The molecular formula is C28H25F3N4O3S. The number of amides is 1. The van der Waals surface area contributed by atoms with E-state index < -0.39 is 17.6 Å². The van der Waals surface area contributed by atoms with Gasteiger partial charge >= 0.3 is 6.18 Å². The zero-order valence-corrected chi connectivity index (χ0v) is 22.0. The monoisotopic (exact) mass is 554 g/mol. The van der Waals surface area contributed by atoms with Crippen LogP contribution in [0.5, 0.6) is 11.5 Å². The minimum Gasteiger partial charge on any atom is -0.494 e. The fourth-order valence-electron chi connectivity index (χ4n) is 3.68. The molecule has 0 atom stereocenters. The Morgan fingerprint density at radius 2 is 1.38 bits per heavy atom. The number of nitrogens with zero attached hydrogens (tertiary/aromatic N) is 3. The van der Waals surface area contributed by atoms with Crippen LogP contribution in [-0.2, 0) is 11.0 Å². The predicted octanol–water partition coefficient (Wildman–Crippen LogP) is 6.75. The van der Waals surface area contributed by atoms with Crippen LogP contribution in [0.25, 0.3) is 22.5 Å². The molecule has 0 spiro atoms. The highest BCUT2D eigenvalue weighted by Crippen LogP contribution is 2.35. The van der Waals surface area contributed by atoms with E-state index in [2.05, 4.69) is 20.5 Å². The maximum absolute atomic E-state index is 13.3. The molecule has 0 saturated heterocycles. The van der Waals surface area contributed by atoms with Gasteiger partial charge in [0.1, 0.15) is 22.9 Å². The summed E-state index contributed by atoms with van der Waals surface area (Å²) in [4.78, 5) is 17.1. The smallest absolute Gasteiger partial charge is 0.418 e. The molecule has 202 valence electrons. The Kier molecular flexibility index (Phi) is 9.03. The molecule has 0 unspecified atom stereocenters. The van der Waals surface area contributed by atoms with Gasteiger partial charge in [-0.25, -0.2) is 4.98 Å². The number of benzene rings is 3. The van der Waals surface area contributed by atoms with Gasteiger partial charge in [0.05, 0.1) is 30.2 Å². The molecule has 0 saturated carbocycles. The van der Waals surface area contributed by atoms with Crippen LogP contribution in [0.4, 0.5) is 18.9 Å². The first-order valence-corrected chi connectivity index (χ1v) is 13.1. The molecule has 0 aliphatic heterocycles. The van der Waals surface area contributed by atoms with Gasteiger partial charge in [-0.3, -0.25) is 4.79 Å². The number of rotatable bonds is 10. The molecule has 4 rings (SSSR count). The second-order valence-corrected chi connectivity index (χ2v) is 9.03. The third kappa shape index (κ3) is 7.26. The lowest BCUT2D eigenvalue weighted by molar-refractivity contribution is -0.137. The minimum absolute atomic E-state index is 0.202. The largest absolute Gasteiger partial charge is 0.494 e. The quantitative estimate of drug-likeness (QED) is 0.217. The lowest BCUT2D eigenvalue weighted by Crippen LogP contribution is -2.18. The van der Waals surface area contributed by atoms with Crippen LogP contribution in [-0.4, -0.2) is 40.1 Å². The van der Waals surface area contributed by atoms with Crippen molar-refractivity contribution in [1.82, 2.24) is 15.2 Å². The van der Waals surface area contributed by atoms with E-state index in [4.69, 9.17) is 9.47 Å². The number of aromatic nitrogens is 3. The molecule has 1 N–H and O–H groups in total. The Bertz CT molecular complexity index is 1420. The average Bonchev–Trinajstić information content (AvgIpc) is 2.93. The predicted molar refractivity (Wildman–Crippen MR) is 144 cm³/mol. The van der Waals surface area contributed by atoms with Gasteiger partial charge in [0, 0.05) is 11.1 Å². The molecule has 0 fully saturated rings. The summed E-state index contributed by atoms with van der Waals surface area (Å²) in [7, 11) is 0. The van der Waals surface area contributed by atoms with Crippen molar-refractivity contribution in [3.8, 4) is 34.0 Å². The molecule has 39 heavy (non-hydrogen) atoms. The highest BCUT2D eigenvalue weighted by atomic mass is 32.2. The second-order valence-electron chi connectivity index (χ2n) is 8.09. The van der Waals surface area contributed by atoms with Crippen LogP contribution >= 0.6 is 11.8 Å².